The van der Waals surface area contributed by atoms with Gasteiger partial charge in [-0.1, -0.05) is 30.7 Å². The van der Waals surface area contributed by atoms with Gasteiger partial charge in [0.05, 0.1) is 0 Å². The summed E-state index contributed by atoms with van der Waals surface area (Å²) in [6.45, 7) is 0.943. The first-order valence-corrected chi connectivity index (χ1v) is 5.54. The van der Waals surface area contributed by atoms with E-state index < -0.39 is 0 Å². The predicted octanol–water partition coefficient (Wildman–Crippen LogP) is 2.22. The monoisotopic (exact) mass is 343 g/mol. The van der Waals surface area contributed by atoms with Crippen molar-refractivity contribution in [2.45, 2.75) is 6.61 Å². The van der Waals surface area contributed by atoms with Crippen LogP contribution in [0.4, 0.5) is 0 Å². The summed E-state index contributed by atoms with van der Waals surface area (Å²) in [5, 5.41) is 6.76. The molecule has 1 aliphatic rings. The number of rotatable bonds is 0. The summed E-state index contributed by atoms with van der Waals surface area (Å²) >= 11 is 0. The van der Waals surface area contributed by atoms with E-state index in [9.17, 15) is 4.79 Å². The molecule has 0 aromatic heterocycles. The van der Waals surface area contributed by atoms with Crippen LogP contribution in [0.1, 0.15) is 21.5 Å². The van der Waals surface area contributed by atoms with Gasteiger partial charge in [0.1, 0.15) is 12.4 Å². The molecule has 0 saturated carbocycles. The maximum atomic E-state index is 12.2. The molecule has 1 aliphatic heterocycles. The van der Waals surface area contributed by atoms with Gasteiger partial charge in [-0.2, -0.15) is 18.2 Å². The van der Waals surface area contributed by atoms with Crippen molar-refractivity contribution < 1.29 is 52.1 Å². The number of ether oxygens (including phenoxy) is 1. The molecule has 1 N–H and O–H groups in total. The number of carbonyl (C=O) groups is 1. The van der Waals surface area contributed by atoms with Gasteiger partial charge in [0.2, 0.25) is 0 Å². The molecule has 5 heteroatoms. The second-order valence-corrected chi connectivity index (χ2v) is 3.79. The second kappa shape index (κ2) is 7.92. The first-order chi connectivity index (χ1) is 9.27. The van der Waals surface area contributed by atoms with E-state index in [1.807, 2.05) is 24.3 Å². The fourth-order valence-corrected chi connectivity index (χ4v) is 1.89. The fourth-order valence-electron chi connectivity index (χ4n) is 1.89. The Morgan fingerprint density at radius 3 is 2.65 bits per heavy atom. The molecular weight excluding hydrogens is 333 g/mol. The largest absolute Gasteiger partial charge is 0.665 e. The van der Waals surface area contributed by atoms with Crippen LogP contribution in [0.15, 0.2) is 42.5 Å². The van der Waals surface area contributed by atoms with Crippen LogP contribution in [0.2, 0.25) is 0 Å². The Balaban J connectivity index is 0.000000462. The van der Waals surface area contributed by atoms with E-state index in [1.165, 1.54) is 0 Å². The van der Waals surface area contributed by atoms with Crippen molar-refractivity contribution in [3.8, 4) is 5.75 Å². The number of benzene rings is 2. The van der Waals surface area contributed by atoms with Crippen LogP contribution < -0.4 is 4.74 Å². The zero-order valence-electron chi connectivity index (χ0n) is 10.5. The van der Waals surface area contributed by atoms with E-state index in [4.69, 9.17) is 14.6 Å². The van der Waals surface area contributed by atoms with E-state index in [1.54, 1.807) is 18.2 Å². The molecule has 0 unspecified atom stereocenters. The van der Waals surface area contributed by atoms with E-state index >= 15 is 0 Å². The summed E-state index contributed by atoms with van der Waals surface area (Å²) in [5.74, 6) is 0.653. The molecule has 0 amide bonds. The molecule has 4 nitrogen and oxygen atoms in total. The first kappa shape index (κ1) is 16.5. The molecule has 3 rings (SSSR count). The summed E-state index contributed by atoms with van der Waals surface area (Å²) in [7, 11) is 0. The van der Waals surface area contributed by atoms with Crippen LogP contribution in [-0.2, 0) is 44.1 Å². The van der Waals surface area contributed by atoms with Crippen LogP contribution in [0, 0.1) is 6.07 Å². The molecule has 0 atom stereocenters. The maximum absolute atomic E-state index is 12.2. The van der Waals surface area contributed by atoms with Crippen LogP contribution in [0.5, 0.6) is 5.75 Å². The normalized spacial score (nSPS) is 11.3. The van der Waals surface area contributed by atoms with Crippen molar-refractivity contribution in [2.75, 3.05) is 0 Å². The fraction of sp³-hybridized carbons (Fsp3) is 0.0667. The topological polar surface area (TPSA) is 63.6 Å². The standard InChI is InChI=1S/C14H9O2.CHO2.Y/c15-14-11-6-2-1-5-10(11)9-16-13-8-4-3-7-12(13)14;2-1-3;/h1-2,4-8H,9H2;(H,2,3);/q2*-1;. The average Bonchev–Trinajstić information content (AvgIpc) is 2.59. The molecule has 1 heterocycles. The van der Waals surface area contributed by atoms with Crippen LogP contribution >= 0.6 is 0 Å². The van der Waals surface area contributed by atoms with E-state index in [0.29, 0.717) is 24.4 Å². The zero-order valence-corrected chi connectivity index (χ0v) is 13.3. The Kier molecular flexibility index (Phi) is 6.55. The summed E-state index contributed by atoms with van der Waals surface area (Å²) in [6.07, 6.45) is 0. The molecule has 1 radical (unpaired) electrons. The molecule has 0 fully saturated rings. The number of ketones is 1. The van der Waals surface area contributed by atoms with Crippen molar-refractivity contribution >= 4 is 12.3 Å². The minimum absolute atomic E-state index is 0. The van der Waals surface area contributed by atoms with Gasteiger partial charge in [-0.05, 0) is 11.1 Å². The summed E-state index contributed by atoms with van der Waals surface area (Å²) in [5.41, 5.74) is 2.25. The molecule has 0 aliphatic carbocycles. The quantitative estimate of drug-likeness (QED) is 0.745. The van der Waals surface area contributed by atoms with E-state index in [2.05, 4.69) is 6.07 Å². The Morgan fingerprint density at radius 2 is 1.90 bits per heavy atom. The van der Waals surface area contributed by atoms with Crippen LogP contribution in [0.25, 0.3) is 0 Å². The molecule has 0 bridgehead atoms. The smallest absolute Gasteiger partial charge is 0.142 e. The Hall–Kier alpha value is -1.52. The number of aliphatic hydroxyl groups excluding tert-OH is 1. The van der Waals surface area contributed by atoms with Gasteiger partial charge in [-0.3, -0.25) is 0 Å². The molecule has 2 aromatic rings. The van der Waals surface area contributed by atoms with Gasteiger partial charge in [0.25, 0.3) is 0 Å². The molecular formula is C15H10O4Y-2. The SMILES string of the molecule is O=C1c2ccccc2COc2cc[c-]cc21.O=[C-]O.[Y]. The van der Waals surface area contributed by atoms with Gasteiger partial charge in [0, 0.05) is 44.0 Å². The number of fused-ring (bicyclic) bond motifs is 2. The minimum Gasteiger partial charge on any atom is -0.665 e. The minimum atomic E-state index is 0. The van der Waals surface area contributed by atoms with Gasteiger partial charge in [-0.15, -0.1) is 6.07 Å². The van der Waals surface area contributed by atoms with Gasteiger partial charge >= 0.3 is 0 Å². The van der Waals surface area contributed by atoms with E-state index in [0.717, 1.165) is 11.1 Å². The second-order valence-electron chi connectivity index (χ2n) is 3.79. The summed E-state index contributed by atoms with van der Waals surface area (Å²) in [4.78, 5) is 20.5. The molecule has 2 aromatic carbocycles. The van der Waals surface area contributed by atoms with Crippen molar-refractivity contribution in [1.82, 2.24) is 0 Å². The third kappa shape index (κ3) is 3.52. The summed E-state index contributed by atoms with van der Waals surface area (Å²) < 4.78 is 5.60. The molecule has 99 valence electrons. The van der Waals surface area contributed by atoms with Gasteiger partial charge < -0.3 is 19.4 Å². The maximum Gasteiger partial charge on any atom is 0.142 e. The zero-order chi connectivity index (χ0) is 13.7. The van der Waals surface area contributed by atoms with Crippen molar-refractivity contribution in [3.05, 3.63) is 65.2 Å². The number of hydrogen-bond acceptors (Lipinski definition) is 3. The number of carbonyl (C=O) groups excluding carboxylic acids is 1. The Bertz CT molecular complexity index is 561. The van der Waals surface area contributed by atoms with Crippen molar-refractivity contribution in [2.24, 2.45) is 0 Å². The Labute approximate surface area is 141 Å². The molecule has 0 spiro atoms. The van der Waals surface area contributed by atoms with Crippen LogP contribution in [-0.4, -0.2) is 17.4 Å². The third-order valence-corrected chi connectivity index (χ3v) is 2.71. The summed E-state index contributed by atoms with van der Waals surface area (Å²) in [6, 6.07) is 15.7. The predicted molar refractivity (Wildman–Crippen MR) is 67.8 cm³/mol. The van der Waals surface area contributed by atoms with Crippen LogP contribution in [0.3, 0.4) is 0 Å². The average molecular weight is 343 g/mol. The van der Waals surface area contributed by atoms with Crippen molar-refractivity contribution in [3.63, 3.8) is 0 Å². The van der Waals surface area contributed by atoms with Gasteiger partial charge in [-0.25, -0.2) is 0 Å². The van der Waals surface area contributed by atoms with Gasteiger partial charge in [0.15, 0.2) is 0 Å². The Morgan fingerprint density at radius 1 is 1.20 bits per heavy atom. The number of hydrogen-bond donors (Lipinski definition) is 1. The molecule has 0 saturated heterocycles. The molecule has 20 heavy (non-hydrogen) atoms. The first-order valence-electron chi connectivity index (χ1n) is 5.54. The van der Waals surface area contributed by atoms with Crippen molar-refractivity contribution in [1.29, 1.82) is 0 Å². The van der Waals surface area contributed by atoms with E-state index in [-0.39, 0.29) is 38.5 Å². The third-order valence-electron chi connectivity index (χ3n) is 2.71.